The number of carbonyl (C=O) groups is 3. The van der Waals surface area contributed by atoms with Gasteiger partial charge in [-0.25, -0.2) is 4.79 Å². The van der Waals surface area contributed by atoms with Crippen LogP contribution in [0.1, 0.15) is 29.3 Å². The van der Waals surface area contributed by atoms with Gasteiger partial charge in [0.25, 0.3) is 5.56 Å². The molecule has 10 heteroatoms. The number of ketones is 1. The number of aliphatic carboxylic acids is 1. The molecule has 0 spiro atoms. The standard InChI is InChI=1S/C25H25N3O6.Na.H/c1-15-14-27(3)24(33)22(23(15)32)28(25(34)26-12-11-21(30)31)20-6-4-5-19(13-20)18-9-7-17(8-10-18)16(2)29;;/h4-10,13-14,32H,11-12H2,1-3H3,(H,26,34)(H,30,31);;. The molecule has 0 saturated carbocycles. The maximum atomic E-state index is 13.1. The van der Waals surface area contributed by atoms with Crippen LogP contribution in [-0.2, 0) is 11.8 Å². The van der Waals surface area contributed by atoms with Crippen LogP contribution in [0.15, 0.2) is 59.5 Å². The first-order chi connectivity index (χ1) is 16.1. The zero-order valence-corrected chi connectivity index (χ0v) is 19.0. The molecule has 3 aromatic rings. The number of aryl methyl sites for hydroxylation is 2. The van der Waals surface area contributed by atoms with Gasteiger partial charge in [0.15, 0.2) is 11.5 Å². The van der Waals surface area contributed by atoms with E-state index in [0.29, 0.717) is 22.4 Å². The molecule has 3 N–H and O–H groups in total. The number of carboxylic acids is 1. The molecular weight excluding hydrogens is 461 g/mol. The quantitative estimate of drug-likeness (QED) is 0.347. The summed E-state index contributed by atoms with van der Waals surface area (Å²) >= 11 is 0. The van der Waals surface area contributed by atoms with Gasteiger partial charge in [-0.2, -0.15) is 0 Å². The van der Waals surface area contributed by atoms with Gasteiger partial charge in [-0.1, -0.05) is 36.4 Å². The molecule has 0 saturated heterocycles. The average Bonchev–Trinajstić information content (AvgIpc) is 2.80. The minimum atomic E-state index is -1.09. The number of carboxylic acid groups (broad SMARTS) is 1. The minimum absolute atomic E-state index is 0. The van der Waals surface area contributed by atoms with Crippen molar-refractivity contribution in [3.63, 3.8) is 0 Å². The average molecular weight is 487 g/mol. The van der Waals surface area contributed by atoms with Crippen molar-refractivity contribution in [1.29, 1.82) is 0 Å². The molecule has 1 aromatic heterocycles. The number of urea groups is 1. The predicted molar refractivity (Wildman–Crippen MR) is 135 cm³/mol. The third-order valence-corrected chi connectivity index (χ3v) is 5.28. The van der Waals surface area contributed by atoms with Crippen LogP contribution in [0.2, 0.25) is 0 Å². The van der Waals surface area contributed by atoms with Gasteiger partial charge in [0.2, 0.25) is 0 Å². The van der Waals surface area contributed by atoms with Crippen LogP contribution in [0.5, 0.6) is 5.75 Å². The van der Waals surface area contributed by atoms with Gasteiger partial charge < -0.3 is 20.1 Å². The van der Waals surface area contributed by atoms with E-state index >= 15 is 0 Å². The van der Waals surface area contributed by atoms with E-state index in [2.05, 4.69) is 5.32 Å². The first kappa shape index (κ1) is 27.8. The number of anilines is 2. The first-order valence-corrected chi connectivity index (χ1v) is 10.5. The summed E-state index contributed by atoms with van der Waals surface area (Å²) < 4.78 is 1.26. The Hall–Kier alpha value is -3.40. The number of Topliss-reactive ketones (excluding diaryl/α,β-unsaturated/α-hetero) is 1. The number of rotatable bonds is 7. The molecule has 2 amide bonds. The van der Waals surface area contributed by atoms with Crippen molar-refractivity contribution in [2.24, 2.45) is 7.05 Å². The Morgan fingerprint density at radius 2 is 1.71 bits per heavy atom. The summed E-state index contributed by atoms with van der Waals surface area (Å²) in [4.78, 5) is 49.6. The van der Waals surface area contributed by atoms with Gasteiger partial charge >= 0.3 is 41.6 Å². The maximum absolute atomic E-state index is 13.1. The SMILES string of the molecule is CC(=O)c1ccc(-c2cccc(N(C(=O)NCCC(=O)O)c3c(O)c(C)cn(C)c3=O)c2)cc1.[NaH]. The van der Waals surface area contributed by atoms with Crippen LogP contribution in [0, 0.1) is 6.92 Å². The summed E-state index contributed by atoms with van der Waals surface area (Å²) in [6.07, 6.45) is 1.15. The third kappa shape index (κ3) is 6.39. The third-order valence-electron chi connectivity index (χ3n) is 5.28. The monoisotopic (exact) mass is 487 g/mol. The topological polar surface area (TPSA) is 129 Å². The van der Waals surface area contributed by atoms with E-state index in [-0.39, 0.29) is 59.7 Å². The second kappa shape index (κ2) is 11.8. The number of benzene rings is 2. The number of pyridine rings is 1. The molecule has 0 aliphatic carbocycles. The van der Waals surface area contributed by atoms with E-state index in [9.17, 15) is 24.3 Å². The number of carbonyl (C=O) groups excluding carboxylic acids is 2. The van der Waals surface area contributed by atoms with E-state index in [1.54, 1.807) is 55.5 Å². The van der Waals surface area contributed by atoms with E-state index in [0.717, 1.165) is 10.5 Å². The van der Waals surface area contributed by atoms with E-state index in [1.165, 1.54) is 24.7 Å². The van der Waals surface area contributed by atoms with Gasteiger partial charge in [-0.05, 0) is 37.1 Å². The van der Waals surface area contributed by atoms with Crippen molar-refractivity contribution < 1.29 is 24.6 Å². The van der Waals surface area contributed by atoms with E-state index < -0.39 is 17.6 Å². The number of aromatic nitrogens is 1. The second-order valence-electron chi connectivity index (χ2n) is 7.82. The number of aromatic hydroxyl groups is 1. The Labute approximate surface area is 224 Å². The van der Waals surface area contributed by atoms with Crippen LogP contribution in [0.3, 0.4) is 0 Å². The van der Waals surface area contributed by atoms with Gasteiger partial charge in [0, 0.05) is 30.9 Å². The van der Waals surface area contributed by atoms with Crippen LogP contribution in [0.25, 0.3) is 11.1 Å². The Bertz CT molecular complexity index is 1320. The molecule has 0 atom stereocenters. The molecule has 1 heterocycles. The number of amides is 2. The molecule has 3 rings (SSSR count). The van der Waals surface area contributed by atoms with Gasteiger partial charge in [-0.15, -0.1) is 0 Å². The fourth-order valence-corrected chi connectivity index (χ4v) is 3.49. The Morgan fingerprint density at radius 3 is 2.31 bits per heavy atom. The van der Waals surface area contributed by atoms with Crippen molar-refractivity contribution in [1.82, 2.24) is 9.88 Å². The Morgan fingerprint density at radius 1 is 1.06 bits per heavy atom. The van der Waals surface area contributed by atoms with Crippen LogP contribution in [0.4, 0.5) is 16.2 Å². The number of nitrogens with zero attached hydrogens (tertiary/aromatic N) is 2. The van der Waals surface area contributed by atoms with Crippen LogP contribution >= 0.6 is 0 Å². The van der Waals surface area contributed by atoms with E-state index in [1.807, 2.05) is 0 Å². The van der Waals surface area contributed by atoms with Gasteiger partial charge in [0.1, 0.15) is 5.75 Å². The Kier molecular flexibility index (Phi) is 9.41. The van der Waals surface area contributed by atoms with E-state index in [4.69, 9.17) is 5.11 Å². The molecule has 35 heavy (non-hydrogen) atoms. The molecule has 0 aliphatic rings. The number of nitrogens with one attached hydrogen (secondary N) is 1. The predicted octanol–water partition coefficient (Wildman–Crippen LogP) is 2.94. The van der Waals surface area contributed by atoms with Gasteiger partial charge in [0.05, 0.1) is 12.1 Å². The molecule has 0 unspecified atom stereocenters. The Balaban J connectivity index is 0.00000432. The number of hydrogen-bond donors (Lipinski definition) is 3. The van der Waals surface area contributed by atoms with Crippen LogP contribution in [-0.4, -0.2) is 68.7 Å². The molecule has 0 bridgehead atoms. The van der Waals surface area contributed by atoms with Crippen molar-refractivity contribution >= 4 is 58.7 Å². The molecule has 178 valence electrons. The van der Waals surface area contributed by atoms with Crippen molar-refractivity contribution in [3.05, 3.63) is 76.2 Å². The van der Waals surface area contributed by atoms with Crippen molar-refractivity contribution in [2.75, 3.05) is 11.4 Å². The molecule has 0 aliphatic heterocycles. The zero-order chi connectivity index (χ0) is 25.0. The number of hydrogen-bond acceptors (Lipinski definition) is 5. The summed E-state index contributed by atoms with van der Waals surface area (Å²) in [5, 5.41) is 22.1. The second-order valence-corrected chi connectivity index (χ2v) is 7.82. The summed E-state index contributed by atoms with van der Waals surface area (Å²) in [5.74, 6) is -1.50. The normalized spacial score (nSPS) is 10.3. The van der Waals surface area contributed by atoms with Crippen LogP contribution < -0.4 is 15.8 Å². The fraction of sp³-hybridized carbons (Fsp3) is 0.200. The summed E-state index contributed by atoms with van der Waals surface area (Å²) in [6, 6.07) is 13.0. The zero-order valence-electron chi connectivity index (χ0n) is 19.0. The summed E-state index contributed by atoms with van der Waals surface area (Å²) in [5.41, 5.74) is 1.87. The molecular formula is C25H26N3NaO6. The first-order valence-electron chi connectivity index (χ1n) is 10.5. The summed E-state index contributed by atoms with van der Waals surface area (Å²) in [7, 11) is 1.51. The molecule has 0 radical (unpaired) electrons. The van der Waals surface area contributed by atoms with Crippen molar-refractivity contribution in [2.45, 2.75) is 20.3 Å². The fourth-order valence-electron chi connectivity index (χ4n) is 3.49. The molecule has 2 aromatic carbocycles. The van der Waals surface area contributed by atoms with Gasteiger partial charge in [-0.3, -0.25) is 19.3 Å². The molecule has 0 fully saturated rings. The van der Waals surface area contributed by atoms with Crippen molar-refractivity contribution in [3.8, 4) is 16.9 Å². The summed E-state index contributed by atoms with van der Waals surface area (Å²) in [6.45, 7) is 2.92. The molecule has 9 nitrogen and oxygen atoms in total.